The average molecular weight is 1080 g/mol. The van der Waals surface area contributed by atoms with E-state index in [2.05, 4.69) is 0 Å². The van der Waals surface area contributed by atoms with Crippen molar-refractivity contribution in [3.8, 4) is 0 Å². The largest absolute Gasteiger partial charge is 0.394 e. The zero-order chi connectivity index (χ0) is 53.2. The maximum Gasteiger partial charge on any atom is 0.186 e. The van der Waals surface area contributed by atoms with Crippen LogP contribution in [0.4, 0.5) is 0 Å². The van der Waals surface area contributed by atoms with E-state index in [1.54, 1.807) is 30.3 Å². The molecule has 0 amide bonds. The molecule has 7 rings (SSSR count). The highest BCUT2D eigenvalue weighted by molar-refractivity contribution is 7.99. The van der Waals surface area contributed by atoms with Crippen LogP contribution >= 0.6 is 11.8 Å². The van der Waals surface area contributed by atoms with Gasteiger partial charge in [-0.3, -0.25) is 0 Å². The van der Waals surface area contributed by atoms with Crippen molar-refractivity contribution >= 4 is 11.8 Å². The van der Waals surface area contributed by atoms with E-state index in [0.717, 1.165) is 11.8 Å². The Morgan fingerprint density at radius 3 is 0.836 bits per heavy atom. The summed E-state index contributed by atoms with van der Waals surface area (Å²) in [4.78, 5) is 0.671. The van der Waals surface area contributed by atoms with Gasteiger partial charge in [-0.2, -0.15) is 0 Å². The van der Waals surface area contributed by atoms with Crippen LogP contribution in [0.5, 0.6) is 0 Å². The standard InChI is InChI=1S/C42H66O30S/c43-6-13-19(44)25(50)31(56)37(67-13)62-7-14-20(45)26(51)32(57)38(68-14)63-8-15-21(46)27(52)33(58)39(69-15)64-9-16-22(47)28(53)34(59)40(70-16)65-10-17-23(48)29(54)35(60)41(71-17)66-11-18-24(49)30(55)36(61)42(72-18)73-12-4-2-1-3-5-12/h1-5,13-61H,6-11H2/t13-,14-,15-,16-,17-,18-,19-,20-,21-,22-,23-,24-,25+,26+,27+,28+,29+,30+,31-,32-,33-,34-,35-,36-,37-,38-,39-,40-,41-,42+/m1/s1. The molecule has 1 aromatic rings. The van der Waals surface area contributed by atoms with Crippen LogP contribution in [-0.4, -0.2) is 320 Å². The highest BCUT2D eigenvalue weighted by atomic mass is 32.2. The molecule has 420 valence electrons. The zero-order valence-corrected chi connectivity index (χ0v) is 39.2. The lowest BCUT2D eigenvalue weighted by Gasteiger charge is -2.45. The van der Waals surface area contributed by atoms with Gasteiger partial charge in [0.2, 0.25) is 0 Å². The molecule has 19 N–H and O–H groups in total. The number of aliphatic hydroxyl groups is 19. The van der Waals surface area contributed by atoms with Crippen molar-refractivity contribution in [1.82, 2.24) is 0 Å². The summed E-state index contributed by atoms with van der Waals surface area (Å²) in [5.41, 5.74) is -1.07. The topological polar surface area (TPSA) is 486 Å². The third-order valence-electron chi connectivity index (χ3n) is 13.3. The van der Waals surface area contributed by atoms with Crippen LogP contribution in [0.1, 0.15) is 0 Å². The Kier molecular flexibility index (Phi) is 20.9. The fourth-order valence-corrected chi connectivity index (χ4v) is 9.79. The molecule has 0 aromatic heterocycles. The summed E-state index contributed by atoms with van der Waals surface area (Å²) in [6.07, 6.45) is -51.2. The number of benzene rings is 1. The lowest BCUT2D eigenvalue weighted by molar-refractivity contribution is -0.351. The van der Waals surface area contributed by atoms with Gasteiger partial charge >= 0.3 is 0 Å². The van der Waals surface area contributed by atoms with Gasteiger partial charge in [0.15, 0.2) is 31.5 Å². The fraction of sp³-hybridized carbons (Fsp3) is 0.857. The first-order valence-corrected chi connectivity index (χ1v) is 24.1. The number of rotatable bonds is 18. The van der Waals surface area contributed by atoms with Gasteiger partial charge in [-0.05, 0) is 12.1 Å². The molecule has 30 nitrogen and oxygen atoms in total. The molecule has 6 aliphatic heterocycles. The molecule has 0 bridgehead atoms. The van der Waals surface area contributed by atoms with E-state index >= 15 is 0 Å². The van der Waals surface area contributed by atoms with Gasteiger partial charge in [0.05, 0.1) is 39.6 Å². The second-order valence-electron chi connectivity index (χ2n) is 18.4. The second-order valence-corrected chi connectivity index (χ2v) is 19.5. The number of ether oxygens (including phenoxy) is 11. The Labute approximate surface area is 418 Å². The summed E-state index contributed by atoms with van der Waals surface area (Å²) in [6, 6.07) is 8.71. The molecule has 6 heterocycles. The maximum atomic E-state index is 10.8. The smallest absolute Gasteiger partial charge is 0.186 e. The molecule has 6 aliphatic rings. The molecule has 0 unspecified atom stereocenters. The molecule has 0 radical (unpaired) electrons. The average Bonchev–Trinajstić information content (AvgIpc) is 3.38. The van der Waals surface area contributed by atoms with Gasteiger partial charge in [0.25, 0.3) is 0 Å². The van der Waals surface area contributed by atoms with Crippen LogP contribution in [0.15, 0.2) is 35.2 Å². The summed E-state index contributed by atoms with van der Waals surface area (Å²) >= 11 is 1.06. The van der Waals surface area contributed by atoms with Gasteiger partial charge in [0, 0.05) is 4.90 Å². The van der Waals surface area contributed by atoms with Gasteiger partial charge in [0.1, 0.15) is 152 Å². The summed E-state index contributed by atoms with van der Waals surface area (Å²) in [5, 5.41) is 200. The highest BCUT2D eigenvalue weighted by Crippen LogP contribution is 2.35. The van der Waals surface area contributed by atoms with Gasteiger partial charge in [-0.25, -0.2) is 0 Å². The van der Waals surface area contributed by atoms with Crippen LogP contribution in [-0.2, 0) is 52.1 Å². The van der Waals surface area contributed by atoms with Crippen LogP contribution in [0, 0.1) is 0 Å². The van der Waals surface area contributed by atoms with Gasteiger partial charge in [-0.1, -0.05) is 30.0 Å². The minimum Gasteiger partial charge on any atom is -0.394 e. The Bertz CT molecular complexity index is 1820. The normalized spacial score (nSPS) is 49.9. The number of aliphatic hydroxyl groups excluding tert-OH is 19. The molecular formula is C42H66O30S. The van der Waals surface area contributed by atoms with Crippen LogP contribution in [0.25, 0.3) is 0 Å². The molecule has 0 spiro atoms. The number of hydrogen-bond donors (Lipinski definition) is 19. The Balaban J connectivity index is 0.907. The predicted octanol–water partition coefficient (Wildman–Crippen LogP) is -11.3. The van der Waals surface area contributed by atoms with Crippen molar-refractivity contribution in [2.24, 2.45) is 0 Å². The zero-order valence-electron chi connectivity index (χ0n) is 38.3. The van der Waals surface area contributed by atoms with E-state index in [-0.39, 0.29) is 0 Å². The first-order valence-electron chi connectivity index (χ1n) is 23.2. The summed E-state index contributed by atoms with van der Waals surface area (Å²) < 4.78 is 61.2. The molecule has 73 heavy (non-hydrogen) atoms. The van der Waals surface area contributed by atoms with E-state index in [9.17, 15) is 97.0 Å². The molecule has 6 saturated heterocycles. The Hall–Kier alpha value is -1.63. The van der Waals surface area contributed by atoms with Gasteiger partial charge in [-0.15, -0.1) is 0 Å². The molecule has 1 aromatic carbocycles. The SMILES string of the molecule is OC[C@H]1O[C@@H](OC[C@H]2O[C@@H](OC[C@H]3O[C@@H](OC[C@H]4O[C@@H](OC[C@H]5O[C@@H](OC[C@H]6O[C@@H](Sc7ccccc7)[C@H](O)[C@@H](O)[C@@H]6O)[C@H](O)[C@@H](O)[C@@H]5O)[C@H](O)[C@@H](O)[C@@H]4O)[C@H](O)[C@@H](O)[C@@H]3O)[C@H](O)[C@@H](O)[C@@H]2O)[C@H](O)[C@@H](O)[C@@H]1O. The van der Waals surface area contributed by atoms with E-state index in [0.29, 0.717) is 4.90 Å². The first kappa shape index (κ1) is 59.0. The molecule has 6 fully saturated rings. The van der Waals surface area contributed by atoms with Gasteiger partial charge < -0.3 is 149 Å². The van der Waals surface area contributed by atoms with Crippen molar-refractivity contribution in [3.63, 3.8) is 0 Å². The van der Waals surface area contributed by atoms with E-state index in [1.807, 2.05) is 0 Å². The fourth-order valence-electron chi connectivity index (χ4n) is 8.71. The van der Waals surface area contributed by atoms with Crippen molar-refractivity contribution in [2.75, 3.05) is 39.6 Å². The van der Waals surface area contributed by atoms with Crippen LogP contribution in [0.3, 0.4) is 0 Å². The van der Waals surface area contributed by atoms with E-state index < -0.39 is 223 Å². The first-order chi connectivity index (χ1) is 34.6. The molecule has 30 atom stereocenters. The van der Waals surface area contributed by atoms with Crippen LogP contribution in [0.2, 0.25) is 0 Å². The monoisotopic (exact) mass is 1080 g/mol. The molecule has 0 saturated carbocycles. The van der Waals surface area contributed by atoms with Crippen molar-refractivity contribution < 1.29 is 149 Å². The summed E-state index contributed by atoms with van der Waals surface area (Å²) in [5.74, 6) is 0. The molecule has 31 heteroatoms. The minimum absolute atomic E-state index is 0.572. The second kappa shape index (κ2) is 25.9. The quantitative estimate of drug-likeness (QED) is 0.0649. The Morgan fingerprint density at radius 1 is 0.301 bits per heavy atom. The highest BCUT2D eigenvalue weighted by Gasteiger charge is 2.52. The summed E-state index contributed by atoms with van der Waals surface area (Å²) in [7, 11) is 0. The van der Waals surface area contributed by atoms with Crippen molar-refractivity contribution in [3.05, 3.63) is 30.3 Å². The molecular weight excluding hydrogens is 1020 g/mol. The number of hydrogen-bond acceptors (Lipinski definition) is 31. The van der Waals surface area contributed by atoms with E-state index in [4.69, 9.17) is 52.1 Å². The third-order valence-corrected chi connectivity index (χ3v) is 14.5. The van der Waals surface area contributed by atoms with Crippen molar-refractivity contribution in [2.45, 2.75) is 188 Å². The lowest BCUT2D eigenvalue weighted by atomic mass is 9.97. The summed E-state index contributed by atoms with van der Waals surface area (Å²) in [6.45, 7) is -4.34. The van der Waals surface area contributed by atoms with E-state index in [1.165, 1.54) is 0 Å². The predicted molar refractivity (Wildman–Crippen MR) is 229 cm³/mol. The lowest BCUT2D eigenvalue weighted by Crippen LogP contribution is -2.63. The van der Waals surface area contributed by atoms with Crippen LogP contribution < -0.4 is 0 Å². The maximum absolute atomic E-state index is 10.8. The third kappa shape index (κ3) is 13.3. The molecule has 0 aliphatic carbocycles. The minimum atomic E-state index is -2.00. The number of thioether (sulfide) groups is 1. The Morgan fingerprint density at radius 2 is 0.548 bits per heavy atom. The van der Waals surface area contributed by atoms with Crippen molar-refractivity contribution in [1.29, 1.82) is 0 Å².